The molecule has 0 spiro atoms. The molecule has 116 valence electrons. The van der Waals surface area contributed by atoms with Crippen molar-refractivity contribution in [2.45, 2.75) is 46.0 Å². The number of ether oxygens (including phenoxy) is 1. The van der Waals surface area contributed by atoms with Gasteiger partial charge in [-0.2, -0.15) is 0 Å². The van der Waals surface area contributed by atoms with Gasteiger partial charge in [0.15, 0.2) is 0 Å². The summed E-state index contributed by atoms with van der Waals surface area (Å²) in [7, 11) is 1.58. The molecule has 21 heavy (non-hydrogen) atoms. The van der Waals surface area contributed by atoms with Crippen molar-refractivity contribution in [3.8, 4) is 5.88 Å². The summed E-state index contributed by atoms with van der Waals surface area (Å²) in [6.45, 7) is 4.45. The number of pyridine rings is 1. The predicted molar refractivity (Wildman–Crippen MR) is 81.4 cm³/mol. The number of carbonyl (C=O) groups is 1. The van der Waals surface area contributed by atoms with Crippen LogP contribution in [0.1, 0.15) is 45.2 Å². The quantitative estimate of drug-likeness (QED) is 0.901. The smallest absolute Gasteiger partial charge is 0.310 e. The van der Waals surface area contributed by atoms with E-state index in [1.807, 2.05) is 12.1 Å². The minimum Gasteiger partial charge on any atom is -0.481 e. The highest BCUT2D eigenvalue weighted by atomic mass is 16.5. The van der Waals surface area contributed by atoms with E-state index in [1.54, 1.807) is 13.2 Å². The zero-order chi connectivity index (χ0) is 15.5. The number of rotatable bonds is 5. The first-order valence-corrected chi connectivity index (χ1v) is 7.70. The van der Waals surface area contributed by atoms with Crippen molar-refractivity contribution in [1.82, 2.24) is 4.98 Å². The summed E-state index contributed by atoms with van der Waals surface area (Å²) in [5, 5.41) is 9.74. The van der Waals surface area contributed by atoms with Crippen LogP contribution in [-0.4, -0.2) is 23.2 Å². The molecule has 0 amide bonds. The fourth-order valence-corrected chi connectivity index (χ4v) is 3.34. The van der Waals surface area contributed by atoms with Gasteiger partial charge >= 0.3 is 5.97 Å². The molecule has 0 unspecified atom stereocenters. The Balaban J connectivity index is 2.14. The summed E-state index contributed by atoms with van der Waals surface area (Å²) in [4.78, 5) is 16.2. The van der Waals surface area contributed by atoms with Gasteiger partial charge in [0.2, 0.25) is 5.88 Å². The predicted octanol–water partition coefficient (Wildman–Crippen LogP) is 3.55. The summed E-state index contributed by atoms with van der Waals surface area (Å²) in [6, 6.07) is 5.55. The number of methoxy groups -OCH3 is 1. The summed E-state index contributed by atoms with van der Waals surface area (Å²) in [6.07, 6.45) is 3.96. The molecular formula is C17H25NO3. The molecule has 1 aliphatic rings. The molecule has 1 aromatic rings. The minimum absolute atomic E-state index is 0.490. The number of aliphatic carboxylic acids is 1. The molecule has 0 radical (unpaired) electrons. The van der Waals surface area contributed by atoms with Gasteiger partial charge in [-0.1, -0.05) is 19.9 Å². The molecule has 1 fully saturated rings. The van der Waals surface area contributed by atoms with Gasteiger partial charge in [0.25, 0.3) is 0 Å². The second-order valence-corrected chi connectivity index (χ2v) is 6.51. The standard InChI is InChI=1S/C17H25NO3/c1-12(2)13-7-9-17(10-8-13,16(19)20)11-14-5-4-6-15(18-14)21-3/h4-6,12-13H,7-11H2,1-3H3,(H,19,20). The highest BCUT2D eigenvalue weighted by molar-refractivity contribution is 5.75. The molecule has 0 atom stereocenters. The monoisotopic (exact) mass is 291 g/mol. The van der Waals surface area contributed by atoms with Gasteiger partial charge in [-0.05, 0) is 43.6 Å². The van der Waals surface area contributed by atoms with Gasteiger partial charge in [-0.15, -0.1) is 0 Å². The molecule has 4 heteroatoms. The van der Waals surface area contributed by atoms with Crippen LogP contribution < -0.4 is 4.74 Å². The van der Waals surface area contributed by atoms with E-state index >= 15 is 0 Å². The third-order valence-corrected chi connectivity index (χ3v) is 4.89. The first-order chi connectivity index (χ1) is 9.97. The van der Waals surface area contributed by atoms with Gasteiger partial charge in [-0.25, -0.2) is 4.98 Å². The summed E-state index contributed by atoms with van der Waals surface area (Å²) >= 11 is 0. The van der Waals surface area contributed by atoms with E-state index in [9.17, 15) is 9.90 Å². The van der Waals surface area contributed by atoms with Crippen molar-refractivity contribution in [2.24, 2.45) is 17.3 Å². The molecule has 1 heterocycles. The molecular weight excluding hydrogens is 266 g/mol. The Morgan fingerprint density at radius 2 is 2.10 bits per heavy atom. The zero-order valence-electron chi connectivity index (χ0n) is 13.1. The summed E-state index contributed by atoms with van der Waals surface area (Å²) < 4.78 is 5.13. The summed E-state index contributed by atoms with van der Waals surface area (Å²) in [5.41, 5.74) is 0.143. The van der Waals surface area contributed by atoms with E-state index in [1.165, 1.54) is 0 Å². The average Bonchev–Trinajstić information content (AvgIpc) is 2.47. The maximum atomic E-state index is 11.9. The van der Waals surface area contributed by atoms with Gasteiger partial charge < -0.3 is 9.84 Å². The van der Waals surface area contributed by atoms with Gasteiger partial charge in [0, 0.05) is 18.2 Å². The Kier molecular flexibility index (Phi) is 4.86. The number of nitrogens with zero attached hydrogens (tertiary/aromatic N) is 1. The van der Waals surface area contributed by atoms with E-state index in [-0.39, 0.29) is 0 Å². The lowest BCUT2D eigenvalue weighted by Gasteiger charge is -2.38. The molecule has 0 aromatic carbocycles. The average molecular weight is 291 g/mol. The van der Waals surface area contributed by atoms with Crippen molar-refractivity contribution in [2.75, 3.05) is 7.11 Å². The highest BCUT2D eigenvalue weighted by Crippen LogP contribution is 2.43. The molecule has 0 aliphatic heterocycles. The minimum atomic E-state index is -0.686. The number of carboxylic acid groups (broad SMARTS) is 1. The van der Waals surface area contributed by atoms with Crippen LogP contribution in [0.25, 0.3) is 0 Å². The van der Waals surface area contributed by atoms with Crippen LogP contribution in [0.3, 0.4) is 0 Å². The topological polar surface area (TPSA) is 59.4 Å². The van der Waals surface area contributed by atoms with Crippen molar-refractivity contribution >= 4 is 5.97 Å². The van der Waals surface area contributed by atoms with Gasteiger partial charge in [-0.3, -0.25) is 4.79 Å². The van der Waals surface area contributed by atoms with E-state index in [0.29, 0.717) is 24.1 Å². The molecule has 1 aliphatic carbocycles. The Morgan fingerprint density at radius 1 is 1.43 bits per heavy atom. The van der Waals surface area contributed by atoms with Gasteiger partial charge in [0.1, 0.15) is 0 Å². The molecule has 4 nitrogen and oxygen atoms in total. The second-order valence-electron chi connectivity index (χ2n) is 6.51. The fourth-order valence-electron chi connectivity index (χ4n) is 3.34. The van der Waals surface area contributed by atoms with E-state index in [4.69, 9.17) is 4.74 Å². The van der Waals surface area contributed by atoms with E-state index in [2.05, 4.69) is 18.8 Å². The Bertz CT molecular complexity index is 491. The molecule has 1 aromatic heterocycles. The normalized spacial score (nSPS) is 25.8. The van der Waals surface area contributed by atoms with E-state index in [0.717, 1.165) is 31.4 Å². The SMILES string of the molecule is COc1cccc(CC2(C(=O)O)CCC(C(C)C)CC2)n1. The lowest BCUT2D eigenvalue weighted by Crippen LogP contribution is -2.38. The van der Waals surface area contributed by atoms with Crippen LogP contribution in [0.5, 0.6) is 5.88 Å². The lowest BCUT2D eigenvalue weighted by molar-refractivity contribution is -0.152. The van der Waals surface area contributed by atoms with Crippen LogP contribution >= 0.6 is 0 Å². The zero-order valence-corrected chi connectivity index (χ0v) is 13.1. The molecule has 0 saturated heterocycles. The third kappa shape index (κ3) is 3.55. The van der Waals surface area contributed by atoms with Crippen molar-refractivity contribution in [3.05, 3.63) is 23.9 Å². The van der Waals surface area contributed by atoms with Gasteiger partial charge in [0.05, 0.1) is 12.5 Å². The van der Waals surface area contributed by atoms with E-state index < -0.39 is 11.4 Å². The number of carboxylic acids is 1. The molecule has 0 bridgehead atoms. The third-order valence-electron chi connectivity index (χ3n) is 4.89. The number of aromatic nitrogens is 1. The van der Waals surface area contributed by atoms with Crippen molar-refractivity contribution in [1.29, 1.82) is 0 Å². The number of hydrogen-bond acceptors (Lipinski definition) is 3. The molecule has 1 saturated carbocycles. The summed E-state index contributed by atoms with van der Waals surface area (Å²) in [5.74, 6) is 1.14. The second kappa shape index (κ2) is 6.46. The Hall–Kier alpha value is -1.58. The Labute approximate surface area is 126 Å². The maximum absolute atomic E-state index is 11.9. The first kappa shape index (κ1) is 15.8. The fraction of sp³-hybridized carbons (Fsp3) is 0.647. The van der Waals surface area contributed by atoms with Crippen LogP contribution in [0.4, 0.5) is 0 Å². The lowest BCUT2D eigenvalue weighted by atomic mass is 9.66. The van der Waals surface area contributed by atoms with Crippen molar-refractivity contribution < 1.29 is 14.6 Å². The molecule has 2 rings (SSSR count). The molecule has 1 N–H and O–H groups in total. The highest BCUT2D eigenvalue weighted by Gasteiger charge is 2.42. The van der Waals surface area contributed by atoms with Crippen LogP contribution in [0.2, 0.25) is 0 Å². The van der Waals surface area contributed by atoms with Crippen LogP contribution in [0.15, 0.2) is 18.2 Å². The van der Waals surface area contributed by atoms with Crippen LogP contribution in [0, 0.1) is 17.3 Å². The maximum Gasteiger partial charge on any atom is 0.310 e. The van der Waals surface area contributed by atoms with Crippen molar-refractivity contribution in [3.63, 3.8) is 0 Å². The first-order valence-electron chi connectivity index (χ1n) is 7.70. The van der Waals surface area contributed by atoms with Crippen LogP contribution in [-0.2, 0) is 11.2 Å². The number of hydrogen-bond donors (Lipinski definition) is 1. The Morgan fingerprint density at radius 3 is 2.62 bits per heavy atom. The largest absolute Gasteiger partial charge is 0.481 e.